The Kier molecular flexibility index (Phi) is 7.28. The summed E-state index contributed by atoms with van der Waals surface area (Å²) in [5, 5.41) is 12.3. The van der Waals surface area contributed by atoms with Crippen molar-refractivity contribution in [3.05, 3.63) is 24.3 Å². The van der Waals surface area contributed by atoms with Crippen molar-refractivity contribution < 1.29 is 22.7 Å². The molecule has 0 aliphatic carbocycles. The molecule has 0 radical (unpaired) electrons. The summed E-state index contributed by atoms with van der Waals surface area (Å²) in [7, 11) is -2.08. The van der Waals surface area contributed by atoms with Gasteiger partial charge in [0.15, 0.2) is 0 Å². The van der Waals surface area contributed by atoms with Crippen LogP contribution in [0, 0.1) is 0 Å². The second kappa shape index (κ2) is 10.1. The minimum absolute atomic E-state index is 0.0665. The van der Waals surface area contributed by atoms with Crippen molar-refractivity contribution in [2.45, 2.75) is 35.5 Å². The van der Waals surface area contributed by atoms with Gasteiger partial charge in [-0.25, -0.2) is 13.1 Å². The number of piperazine rings is 1. The number of methoxy groups -OCH3 is 1. The minimum atomic E-state index is -3.61. The fourth-order valence-electron chi connectivity index (χ4n) is 3.69. The molecule has 2 aromatic rings. The molecule has 3 heterocycles. The molecule has 174 valence electrons. The Morgan fingerprint density at radius 2 is 1.97 bits per heavy atom. The summed E-state index contributed by atoms with van der Waals surface area (Å²) in [6.45, 7) is 2.52. The number of carbonyl (C=O) groups is 1. The molecular formula is C19H26N6O5S2. The number of benzene rings is 1. The first kappa shape index (κ1) is 23.0. The van der Waals surface area contributed by atoms with Crippen LogP contribution in [0.25, 0.3) is 0 Å². The Balaban J connectivity index is 1.28. The molecule has 2 aliphatic heterocycles. The molecule has 11 nitrogen and oxygen atoms in total. The largest absolute Gasteiger partial charge is 0.497 e. The highest BCUT2D eigenvalue weighted by Crippen LogP contribution is 2.22. The van der Waals surface area contributed by atoms with E-state index in [0.29, 0.717) is 30.5 Å². The molecule has 1 atom stereocenters. The first-order valence-electron chi connectivity index (χ1n) is 10.4. The molecule has 0 spiro atoms. The topological polar surface area (TPSA) is 120 Å². The average Bonchev–Trinajstić information content (AvgIpc) is 3.50. The predicted molar refractivity (Wildman–Crippen MR) is 116 cm³/mol. The molecule has 2 aliphatic rings. The minimum Gasteiger partial charge on any atom is -0.497 e. The van der Waals surface area contributed by atoms with Gasteiger partial charge in [-0.15, -0.1) is 5.10 Å². The molecule has 32 heavy (non-hydrogen) atoms. The van der Waals surface area contributed by atoms with Crippen molar-refractivity contribution in [3.8, 4) is 5.75 Å². The van der Waals surface area contributed by atoms with Gasteiger partial charge in [0.2, 0.25) is 21.1 Å². The summed E-state index contributed by atoms with van der Waals surface area (Å²) < 4.78 is 39.5. The number of amides is 1. The average molecular weight is 483 g/mol. The van der Waals surface area contributed by atoms with Crippen LogP contribution in [0.4, 0.5) is 0 Å². The van der Waals surface area contributed by atoms with Gasteiger partial charge in [-0.05, 0) is 47.5 Å². The van der Waals surface area contributed by atoms with Crippen molar-refractivity contribution in [1.82, 2.24) is 29.4 Å². The zero-order chi connectivity index (χ0) is 22.6. The summed E-state index contributed by atoms with van der Waals surface area (Å²) in [6, 6.07) is 6.30. The van der Waals surface area contributed by atoms with E-state index in [0.717, 1.165) is 19.4 Å². The van der Waals surface area contributed by atoms with Crippen LogP contribution in [-0.2, 0) is 26.1 Å². The summed E-state index contributed by atoms with van der Waals surface area (Å²) in [5.41, 5.74) is 0. The van der Waals surface area contributed by atoms with Crippen molar-refractivity contribution in [2.24, 2.45) is 0 Å². The lowest BCUT2D eigenvalue weighted by atomic mass is 10.2. The van der Waals surface area contributed by atoms with E-state index in [9.17, 15) is 13.2 Å². The standard InChI is InChI=1S/C19H26N6O5S2/c1-29-15-4-6-17(7-5-15)32(27,28)24-10-8-23(9-11-24)18(26)14-31-19-20-21-22-25(19)13-16-3-2-12-30-16/h4-7,16H,2-3,8-14H2,1H3. The molecule has 1 aromatic carbocycles. The Bertz CT molecular complexity index is 1020. The highest BCUT2D eigenvalue weighted by atomic mass is 32.2. The van der Waals surface area contributed by atoms with Crippen molar-refractivity contribution in [2.75, 3.05) is 45.6 Å². The molecule has 1 aromatic heterocycles. The summed E-state index contributed by atoms with van der Waals surface area (Å²) in [6.07, 6.45) is 2.12. The number of hydrogen-bond acceptors (Lipinski definition) is 9. The molecule has 1 amide bonds. The number of nitrogens with zero attached hydrogens (tertiary/aromatic N) is 6. The second-order valence-corrected chi connectivity index (χ2v) is 10.4. The smallest absolute Gasteiger partial charge is 0.243 e. The van der Waals surface area contributed by atoms with Crippen molar-refractivity contribution in [1.29, 1.82) is 0 Å². The molecule has 1 unspecified atom stereocenters. The number of carbonyl (C=O) groups excluding carboxylic acids is 1. The summed E-state index contributed by atoms with van der Waals surface area (Å²) in [4.78, 5) is 14.6. The molecule has 13 heteroatoms. The zero-order valence-electron chi connectivity index (χ0n) is 17.8. The summed E-state index contributed by atoms with van der Waals surface area (Å²) in [5.74, 6) is 0.721. The van der Waals surface area contributed by atoms with E-state index >= 15 is 0 Å². The number of rotatable bonds is 8. The first-order valence-corrected chi connectivity index (χ1v) is 12.8. The number of ether oxygens (including phenoxy) is 2. The van der Waals surface area contributed by atoms with Crippen LogP contribution in [-0.4, -0.2) is 95.5 Å². The van der Waals surface area contributed by atoms with Crippen LogP contribution in [0.2, 0.25) is 0 Å². The van der Waals surface area contributed by atoms with E-state index in [2.05, 4.69) is 15.5 Å². The normalized spacial score (nSPS) is 19.9. The molecule has 0 N–H and O–H groups in total. The van der Waals surface area contributed by atoms with Crippen LogP contribution in [0.1, 0.15) is 12.8 Å². The van der Waals surface area contributed by atoms with Gasteiger partial charge in [0, 0.05) is 32.8 Å². The fraction of sp³-hybridized carbons (Fsp3) is 0.579. The third-order valence-electron chi connectivity index (χ3n) is 5.51. The van der Waals surface area contributed by atoms with Gasteiger partial charge in [0.05, 0.1) is 30.4 Å². The van der Waals surface area contributed by atoms with E-state index in [-0.39, 0.29) is 35.7 Å². The van der Waals surface area contributed by atoms with E-state index < -0.39 is 10.0 Å². The number of thioether (sulfide) groups is 1. The Morgan fingerprint density at radius 3 is 2.62 bits per heavy atom. The lowest BCUT2D eigenvalue weighted by Crippen LogP contribution is -2.50. The van der Waals surface area contributed by atoms with E-state index in [1.807, 2.05) is 0 Å². The van der Waals surface area contributed by atoms with Gasteiger partial charge in [-0.2, -0.15) is 4.31 Å². The monoisotopic (exact) mass is 482 g/mol. The summed E-state index contributed by atoms with van der Waals surface area (Å²) >= 11 is 1.28. The predicted octanol–water partition coefficient (Wildman–Crippen LogP) is 0.486. The third kappa shape index (κ3) is 5.22. The van der Waals surface area contributed by atoms with Gasteiger partial charge in [-0.1, -0.05) is 11.8 Å². The van der Waals surface area contributed by atoms with E-state index in [4.69, 9.17) is 9.47 Å². The number of tetrazole rings is 1. The van der Waals surface area contributed by atoms with E-state index in [1.54, 1.807) is 21.7 Å². The molecular weight excluding hydrogens is 456 g/mol. The Hall–Kier alpha value is -2.22. The van der Waals surface area contributed by atoms with Crippen molar-refractivity contribution >= 4 is 27.7 Å². The fourth-order valence-corrected chi connectivity index (χ4v) is 5.90. The van der Waals surface area contributed by atoms with Gasteiger partial charge < -0.3 is 14.4 Å². The number of sulfonamides is 1. The maximum absolute atomic E-state index is 12.9. The maximum Gasteiger partial charge on any atom is 0.243 e. The first-order chi connectivity index (χ1) is 15.5. The number of aromatic nitrogens is 4. The zero-order valence-corrected chi connectivity index (χ0v) is 19.4. The SMILES string of the molecule is COc1ccc(S(=O)(=O)N2CCN(C(=O)CSc3nnnn3CC3CCCO3)CC2)cc1. The van der Waals surface area contributed by atoms with Crippen LogP contribution in [0.5, 0.6) is 5.75 Å². The van der Waals surface area contributed by atoms with E-state index in [1.165, 1.54) is 35.3 Å². The van der Waals surface area contributed by atoms with Crippen LogP contribution >= 0.6 is 11.8 Å². The molecule has 4 rings (SSSR count). The van der Waals surface area contributed by atoms with Crippen molar-refractivity contribution in [3.63, 3.8) is 0 Å². The Labute approximate surface area is 191 Å². The molecule has 0 bridgehead atoms. The molecule has 0 saturated carbocycles. The highest BCUT2D eigenvalue weighted by Gasteiger charge is 2.30. The van der Waals surface area contributed by atoms with Gasteiger partial charge in [0.25, 0.3) is 0 Å². The van der Waals surface area contributed by atoms with Crippen LogP contribution < -0.4 is 4.74 Å². The quantitative estimate of drug-likeness (QED) is 0.495. The van der Waals surface area contributed by atoms with Gasteiger partial charge in [-0.3, -0.25) is 4.79 Å². The van der Waals surface area contributed by atoms with Crippen LogP contribution in [0.15, 0.2) is 34.3 Å². The Morgan fingerprint density at radius 1 is 1.22 bits per heavy atom. The second-order valence-electron chi connectivity index (χ2n) is 7.53. The lowest BCUT2D eigenvalue weighted by Gasteiger charge is -2.34. The number of hydrogen-bond donors (Lipinski definition) is 0. The van der Waals surface area contributed by atoms with Crippen LogP contribution in [0.3, 0.4) is 0 Å². The van der Waals surface area contributed by atoms with Gasteiger partial charge >= 0.3 is 0 Å². The third-order valence-corrected chi connectivity index (χ3v) is 8.37. The molecule has 2 saturated heterocycles. The lowest BCUT2D eigenvalue weighted by molar-refractivity contribution is -0.129. The van der Waals surface area contributed by atoms with Gasteiger partial charge in [0.1, 0.15) is 5.75 Å². The maximum atomic E-state index is 12.9. The molecule has 2 fully saturated rings. The highest BCUT2D eigenvalue weighted by molar-refractivity contribution is 7.99.